The Morgan fingerprint density at radius 3 is 2.19 bits per heavy atom. The van der Waals surface area contributed by atoms with Gasteiger partial charge in [-0.25, -0.2) is 9.59 Å². The number of nitrogens with zero attached hydrogens (tertiary/aromatic N) is 3. The summed E-state index contributed by atoms with van der Waals surface area (Å²) in [5, 5.41) is 25.5. The number of carboxylic acids is 2. The number of amides is 2. The second-order valence-corrected chi connectivity index (χ2v) is 9.37. The van der Waals surface area contributed by atoms with E-state index in [-0.39, 0.29) is 23.7 Å². The zero-order valence-electron chi connectivity index (χ0n) is 21.0. The maximum Gasteiger partial charge on any atom is 0.328 e. The van der Waals surface area contributed by atoms with Crippen molar-refractivity contribution in [1.82, 2.24) is 9.80 Å². The molecule has 4 rings (SSSR count). The van der Waals surface area contributed by atoms with Crippen LogP contribution in [0.2, 0.25) is 0 Å². The summed E-state index contributed by atoms with van der Waals surface area (Å²) in [6, 6.07) is 8.10. The van der Waals surface area contributed by atoms with Gasteiger partial charge in [-0.05, 0) is 44.4 Å². The quantitative estimate of drug-likeness (QED) is 0.338. The summed E-state index contributed by atoms with van der Waals surface area (Å²) in [5.41, 5.74) is 1.13. The van der Waals surface area contributed by atoms with Crippen LogP contribution in [-0.2, 0) is 19.2 Å². The van der Waals surface area contributed by atoms with Crippen LogP contribution < -0.4 is 9.64 Å². The lowest BCUT2D eigenvalue weighted by Crippen LogP contribution is -2.47. The van der Waals surface area contributed by atoms with Gasteiger partial charge in [0.1, 0.15) is 5.75 Å². The number of fused-ring (bicyclic) bond motifs is 1. The Labute approximate surface area is 215 Å². The molecule has 2 amide bonds. The molecule has 3 N–H and O–H groups in total. The monoisotopic (exact) mass is 517 g/mol. The Balaban J connectivity index is 0.000000414. The lowest BCUT2D eigenvalue weighted by Gasteiger charge is -2.36. The van der Waals surface area contributed by atoms with Crippen LogP contribution in [0.3, 0.4) is 0 Å². The second kappa shape index (κ2) is 13.2. The van der Waals surface area contributed by atoms with E-state index in [0.717, 1.165) is 50.6 Å². The molecule has 11 nitrogen and oxygen atoms in total. The number of hydrogen-bond acceptors (Lipinski definition) is 8. The van der Waals surface area contributed by atoms with Crippen LogP contribution in [0.1, 0.15) is 25.7 Å². The van der Waals surface area contributed by atoms with Crippen LogP contribution in [0.4, 0.5) is 5.69 Å². The van der Waals surface area contributed by atoms with E-state index >= 15 is 0 Å². The van der Waals surface area contributed by atoms with Crippen LogP contribution in [-0.4, -0.2) is 101 Å². The van der Waals surface area contributed by atoms with Crippen molar-refractivity contribution in [1.29, 1.82) is 0 Å². The predicted molar refractivity (Wildman–Crippen MR) is 134 cm³/mol. The highest BCUT2D eigenvalue weighted by Crippen LogP contribution is 2.38. The molecule has 0 radical (unpaired) electrons. The minimum absolute atomic E-state index is 0.0205. The maximum atomic E-state index is 12.6. The first-order chi connectivity index (χ1) is 17.7. The average Bonchev–Trinajstić information content (AvgIpc) is 3.12. The highest BCUT2D eigenvalue weighted by Gasteiger charge is 2.49. The maximum absolute atomic E-state index is 12.6. The van der Waals surface area contributed by atoms with Crippen molar-refractivity contribution < 1.29 is 39.2 Å². The third kappa shape index (κ3) is 7.53. The number of benzene rings is 1. The first-order valence-corrected chi connectivity index (χ1v) is 12.5. The number of imide groups is 1. The van der Waals surface area contributed by atoms with E-state index < -0.39 is 18.0 Å². The molecule has 3 atom stereocenters. The molecule has 0 spiro atoms. The number of methoxy groups -OCH3 is 1. The SMILES string of the molecule is COc1ccccc1N1CCN(CCCN2C(=O)C3CCC(O)CC3C2=O)CC1.O=C(O)C=CC(=O)O. The van der Waals surface area contributed by atoms with Gasteiger partial charge in [0, 0.05) is 44.9 Å². The molecule has 202 valence electrons. The van der Waals surface area contributed by atoms with Gasteiger partial charge in [0.05, 0.1) is 30.7 Å². The number of aliphatic hydroxyl groups is 1. The zero-order chi connectivity index (χ0) is 26.9. The Morgan fingerprint density at radius 1 is 0.946 bits per heavy atom. The highest BCUT2D eigenvalue weighted by molar-refractivity contribution is 6.05. The summed E-state index contributed by atoms with van der Waals surface area (Å²) >= 11 is 0. The summed E-state index contributed by atoms with van der Waals surface area (Å²) in [4.78, 5) is 50.5. The molecule has 1 aromatic carbocycles. The summed E-state index contributed by atoms with van der Waals surface area (Å²) in [5.74, 6) is -2.20. The molecule has 1 saturated carbocycles. The molecule has 3 aliphatic rings. The van der Waals surface area contributed by atoms with Gasteiger partial charge in [-0.3, -0.25) is 19.4 Å². The first kappa shape index (κ1) is 28.1. The fourth-order valence-electron chi connectivity index (χ4n) is 5.14. The zero-order valence-corrected chi connectivity index (χ0v) is 21.0. The van der Waals surface area contributed by atoms with E-state index in [0.29, 0.717) is 38.0 Å². The van der Waals surface area contributed by atoms with E-state index in [1.807, 2.05) is 18.2 Å². The lowest BCUT2D eigenvalue weighted by atomic mass is 9.80. The Morgan fingerprint density at radius 2 is 1.57 bits per heavy atom. The topological polar surface area (TPSA) is 148 Å². The number of anilines is 1. The molecule has 2 saturated heterocycles. The van der Waals surface area contributed by atoms with Crippen LogP contribution >= 0.6 is 0 Å². The molecule has 1 aliphatic carbocycles. The van der Waals surface area contributed by atoms with Gasteiger partial charge in [0.2, 0.25) is 11.8 Å². The van der Waals surface area contributed by atoms with Crippen molar-refractivity contribution in [3.05, 3.63) is 36.4 Å². The summed E-state index contributed by atoms with van der Waals surface area (Å²) < 4.78 is 5.47. The second-order valence-electron chi connectivity index (χ2n) is 9.37. The summed E-state index contributed by atoms with van der Waals surface area (Å²) in [7, 11) is 1.70. The lowest BCUT2D eigenvalue weighted by molar-refractivity contribution is -0.140. The van der Waals surface area contributed by atoms with Crippen LogP contribution in [0.15, 0.2) is 36.4 Å². The number of aliphatic hydroxyl groups excluding tert-OH is 1. The van der Waals surface area contributed by atoms with Crippen molar-refractivity contribution in [2.75, 3.05) is 51.3 Å². The molecule has 2 aliphatic heterocycles. The number of hydrogen-bond donors (Lipinski definition) is 3. The summed E-state index contributed by atoms with van der Waals surface area (Å²) in [6.07, 6.45) is 3.19. The minimum atomic E-state index is -1.26. The van der Waals surface area contributed by atoms with Gasteiger partial charge in [-0.1, -0.05) is 12.1 Å². The van der Waals surface area contributed by atoms with Crippen molar-refractivity contribution in [3.63, 3.8) is 0 Å². The largest absolute Gasteiger partial charge is 0.495 e. The molecular weight excluding hydrogens is 482 g/mol. The third-order valence-electron chi connectivity index (χ3n) is 7.01. The van der Waals surface area contributed by atoms with Crippen molar-refractivity contribution in [2.45, 2.75) is 31.8 Å². The van der Waals surface area contributed by atoms with Crippen LogP contribution in [0, 0.1) is 11.8 Å². The van der Waals surface area contributed by atoms with Crippen LogP contribution in [0.25, 0.3) is 0 Å². The smallest absolute Gasteiger partial charge is 0.328 e. The normalized spacial score (nSPS) is 24.0. The molecule has 3 unspecified atom stereocenters. The Kier molecular flexibility index (Phi) is 10.0. The Hall–Kier alpha value is -3.44. The number of piperazine rings is 1. The van der Waals surface area contributed by atoms with Gasteiger partial charge >= 0.3 is 11.9 Å². The standard InChI is InChI=1S/C22H31N3O4.C4H4O4/c1-29-20-6-3-2-5-19(20)24-13-11-23(12-14-24)9-4-10-25-21(27)17-8-7-16(26)15-18(17)22(25)28;5-3(6)1-2-4(7)8/h2-3,5-6,16-18,26H,4,7-15H2,1H3;1-2H,(H,5,6)(H,7,8). The van der Waals surface area contributed by atoms with Crippen molar-refractivity contribution in [3.8, 4) is 5.75 Å². The van der Waals surface area contributed by atoms with Gasteiger partial charge in [0.25, 0.3) is 0 Å². The molecule has 3 fully saturated rings. The van der Waals surface area contributed by atoms with Gasteiger partial charge in [-0.2, -0.15) is 0 Å². The number of likely N-dealkylation sites (tertiary alicyclic amines) is 1. The highest BCUT2D eigenvalue weighted by atomic mass is 16.5. The number of rotatable bonds is 8. The van der Waals surface area contributed by atoms with Crippen molar-refractivity contribution >= 4 is 29.4 Å². The third-order valence-corrected chi connectivity index (χ3v) is 7.01. The number of carbonyl (C=O) groups is 4. The van der Waals surface area contributed by atoms with E-state index in [1.165, 1.54) is 4.90 Å². The number of carbonyl (C=O) groups excluding carboxylic acids is 2. The Bertz CT molecular complexity index is 989. The van der Waals surface area contributed by atoms with Gasteiger partial charge in [-0.15, -0.1) is 0 Å². The fourth-order valence-corrected chi connectivity index (χ4v) is 5.14. The average molecular weight is 518 g/mol. The molecule has 11 heteroatoms. The van der Waals surface area contributed by atoms with E-state index in [2.05, 4.69) is 15.9 Å². The van der Waals surface area contributed by atoms with Gasteiger partial charge < -0.3 is 25.0 Å². The predicted octanol–water partition coefficient (Wildman–Crippen LogP) is 1.07. The minimum Gasteiger partial charge on any atom is -0.495 e. The van der Waals surface area contributed by atoms with Gasteiger partial charge in [0.15, 0.2) is 0 Å². The van der Waals surface area contributed by atoms with Crippen LogP contribution in [0.5, 0.6) is 5.75 Å². The first-order valence-electron chi connectivity index (χ1n) is 12.5. The molecular formula is C26H35N3O8. The molecule has 0 bridgehead atoms. The number of carboxylic acid groups (broad SMARTS) is 2. The van der Waals surface area contributed by atoms with E-state index in [4.69, 9.17) is 14.9 Å². The number of aliphatic carboxylic acids is 2. The van der Waals surface area contributed by atoms with E-state index in [9.17, 15) is 24.3 Å². The molecule has 0 aromatic heterocycles. The fraction of sp³-hybridized carbons (Fsp3) is 0.538. The summed E-state index contributed by atoms with van der Waals surface area (Å²) in [6.45, 7) is 5.16. The molecule has 1 aromatic rings. The number of ether oxygens (including phenoxy) is 1. The number of para-hydroxylation sites is 2. The molecule has 37 heavy (non-hydrogen) atoms. The van der Waals surface area contributed by atoms with E-state index in [1.54, 1.807) is 7.11 Å². The molecule has 2 heterocycles. The van der Waals surface area contributed by atoms with Crippen molar-refractivity contribution in [2.24, 2.45) is 11.8 Å².